The van der Waals surface area contributed by atoms with Gasteiger partial charge in [-0.3, -0.25) is 14.6 Å². The lowest BCUT2D eigenvalue weighted by Crippen LogP contribution is -2.47. The Kier molecular flexibility index (Phi) is 7.40. The van der Waals surface area contributed by atoms with Crippen molar-refractivity contribution in [2.24, 2.45) is 5.92 Å². The minimum Gasteiger partial charge on any atom is -0.406 e. The largest absolute Gasteiger partial charge is 0.573 e. The van der Waals surface area contributed by atoms with Crippen LogP contribution in [0.2, 0.25) is 0 Å². The molecule has 29 heavy (non-hydrogen) atoms. The second kappa shape index (κ2) is 9.80. The number of ketones is 1. The summed E-state index contributed by atoms with van der Waals surface area (Å²) in [5.41, 5.74) is 0.768. The second-order valence-corrected chi connectivity index (χ2v) is 8.08. The van der Waals surface area contributed by atoms with E-state index in [0.717, 1.165) is 64.3 Å². The van der Waals surface area contributed by atoms with Gasteiger partial charge in [-0.25, -0.2) is 0 Å². The monoisotopic (exact) mass is 413 g/mol. The number of carbonyl (C=O) groups excluding carboxylic acids is 1. The molecule has 2 saturated heterocycles. The van der Waals surface area contributed by atoms with E-state index in [0.29, 0.717) is 12.5 Å². The fraction of sp³-hybridized carbons (Fsp3) is 0.667. The van der Waals surface area contributed by atoms with Gasteiger partial charge < -0.3 is 9.64 Å². The summed E-state index contributed by atoms with van der Waals surface area (Å²) in [5, 5.41) is 0. The van der Waals surface area contributed by atoms with E-state index in [-0.39, 0.29) is 11.5 Å². The first-order valence-electron chi connectivity index (χ1n) is 10.3. The van der Waals surface area contributed by atoms with Gasteiger partial charge in [0, 0.05) is 37.9 Å². The van der Waals surface area contributed by atoms with Crippen molar-refractivity contribution in [2.75, 3.05) is 57.3 Å². The van der Waals surface area contributed by atoms with E-state index in [9.17, 15) is 18.0 Å². The zero-order valence-electron chi connectivity index (χ0n) is 17.0. The molecular formula is C21H30F3N3O2. The number of hydrogen-bond donors (Lipinski definition) is 0. The van der Waals surface area contributed by atoms with Crippen LogP contribution in [0.1, 0.15) is 26.2 Å². The average Bonchev–Trinajstić information content (AvgIpc) is 2.66. The summed E-state index contributed by atoms with van der Waals surface area (Å²) in [5.74, 6) is 0.776. The molecule has 0 amide bonds. The maximum absolute atomic E-state index is 12.4. The lowest BCUT2D eigenvalue weighted by Gasteiger charge is -2.37. The van der Waals surface area contributed by atoms with Crippen LogP contribution in [0.4, 0.5) is 18.9 Å². The topological polar surface area (TPSA) is 36.0 Å². The highest BCUT2D eigenvalue weighted by atomic mass is 19.4. The number of benzene rings is 1. The first-order valence-corrected chi connectivity index (χ1v) is 10.3. The summed E-state index contributed by atoms with van der Waals surface area (Å²) in [7, 11) is 0. The van der Waals surface area contributed by atoms with Crippen LogP contribution in [0.5, 0.6) is 5.75 Å². The lowest BCUT2D eigenvalue weighted by molar-refractivity contribution is -0.274. The zero-order chi connectivity index (χ0) is 20.9. The number of ether oxygens (including phenoxy) is 1. The van der Waals surface area contributed by atoms with Crippen molar-refractivity contribution in [3.63, 3.8) is 0 Å². The third-order valence-corrected chi connectivity index (χ3v) is 5.80. The van der Waals surface area contributed by atoms with Crippen LogP contribution >= 0.6 is 0 Å². The van der Waals surface area contributed by atoms with Gasteiger partial charge in [-0.1, -0.05) is 6.07 Å². The van der Waals surface area contributed by atoms with E-state index in [1.54, 1.807) is 13.0 Å². The van der Waals surface area contributed by atoms with Gasteiger partial charge >= 0.3 is 6.36 Å². The summed E-state index contributed by atoms with van der Waals surface area (Å²) in [6.45, 7) is 8.71. The van der Waals surface area contributed by atoms with Crippen LogP contribution in [0.3, 0.4) is 0 Å². The van der Waals surface area contributed by atoms with E-state index in [1.807, 2.05) is 6.07 Å². The van der Waals surface area contributed by atoms with E-state index in [4.69, 9.17) is 0 Å². The van der Waals surface area contributed by atoms with Gasteiger partial charge in [0.25, 0.3) is 0 Å². The van der Waals surface area contributed by atoms with Crippen molar-refractivity contribution in [3.8, 4) is 5.75 Å². The molecule has 8 heteroatoms. The van der Waals surface area contributed by atoms with Crippen LogP contribution < -0.4 is 9.64 Å². The molecule has 2 heterocycles. The summed E-state index contributed by atoms with van der Waals surface area (Å²) < 4.78 is 41.3. The smallest absolute Gasteiger partial charge is 0.406 e. The molecule has 0 unspecified atom stereocenters. The van der Waals surface area contributed by atoms with E-state index < -0.39 is 6.36 Å². The normalized spacial score (nSPS) is 20.1. The molecule has 0 spiro atoms. The molecule has 1 aromatic carbocycles. The Morgan fingerprint density at radius 2 is 1.76 bits per heavy atom. The Morgan fingerprint density at radius 1 is 1.07 bits per heavy atom. The summed E-state index contributed by atoms with van der Waals surface area (Å²) in [6.07, 6.45) is -1.19. The highest BCUT2D eigenvalue weighted by Crippen LogP contribution is 2.27. The molecule has 0 aliphatic carbocycles. The summed E-state index contributed by atoms with van der Waals surface area (Å²) in [6, 6.07) is 6.21. The first kappa shape index (κ1) is 21.9. The van der Waals surface area contributed by atoms with Crippen molar-refractivity contribution in [2.45, 2.75) is 32.5 Å². The number of halogens is 3. The molecule has 0 atom stereocenters. The number of carbonyl (C=O) groups is 1. The minimum atomic E-state index is -4.67. The highest BCUT2D eigenvalue weighted by molar-refractivity contribution is 5.77. The van der Waals surface area contributed by atoms with E-state index >= 15 is 0 Å². The fourth-order valence-corrected chi connectivity index (χ4v) is 4.22. The van der Waals surface area contributed by atoms with Crippen molar-refractivity contribution in [1.82, 2.24) is 9.80 Å². The van der Waals surface area contributed by atoms with Gasteiger partial charge in [-0.05, 0) is 63.9 Å². The van der Waals surface area contributed by atoms with Crippen molar-refractivity contribution >= 4 is 11.5 Å². The molecule has 2 aliphatic rings. The van der Waals surface area contributed by atoms with Crippen LogP contribution in [0, 0.1) is 5.92 Å². The van der Waals surface area contributed by atoms with Crippen molar-refractivity contribution in [3.05, 3.63) is 24.3 Å². The van der Waals surface area contributed by atoms with Crippen LogP contribution in [0.25, 0.3) is 0 Å². The zero-order valence-corrected chi connectivity index (χ0v) is 17.0. The van der Waals surface area contributed by atoms with Gasteiger partial charge in [-0.2, -0.15) is 0 Å². The van der Waals surface area contributed by atoms with Gasteiger partial charge in [0.2, 0.25) is 0 Å². The third-order valence-electron chi connectivity index (χ3n) is 5.80. The molecule has 0 N–H and O–H groups in total. The molecule has 2 fully saturated rings. The van der Waals surface area contributed by atoms with Gasteiger partial charge in [-0.15, -0.1) is 13.2 Å². The Hall–Kier alpha value is -1.80. The SMILES string of the molecule is CC(=O)CN1CCC(CCN2CCN(c3cccc(OC(F)(F)F)c3)CC2)CC1. The number of alkyl halides is 3. The molecule has 3 rings (SSSR count). The van der Waals surface area contributed by atoms with Crippen LogP contribution in [-0.4, -0.2) is 74.3 Å². The van der Waals surface area contributed by atoms with Gasteiger partial charge in [0.15, 0.2) is 0 Å². The summed E-state index contributed by atoms with van der Waals surface area (Å²) >= 11 is 0. The van der Waals surface area contributed by atoms with Crippen molar-refractivity contribution < 1.29 is 22.7 Å². The minimum absolute atomic E-state index is 0.173. The fourth-order valence-electron chi connectivity index (χ4n) is 4.22. The number of piperidine rings is 1. The van der Waals surface area contributed by atoms with Gasteiger partial charge in [0.05, 0.1) is 6.54 Å². The predicted molar refractivity (Wildman–Crippen MR) is 106 cm³/mol. The Labute approximate surface area is 170 Å². The lowest BCUT2D eigenvalue weighted by atomic mass is 9.93. The van der Waals surface area contributed by atoms with Crippen LogP contribution in [0.15, 0.2) is 24.3 Å². The number of Topliss-reactive ketones (excluding diaryl/α,β-unsaturated/α-hetero) is 1. The molecular weight excluding hydrogens is 383 g/mol. The number of likely N-dealkylation sites (tertiary alicyclic amines) is 1. The Bertz CT molecular complexity index is 667. The van der Waals surface area contributed by atoms with Crippen LogP contribution in [-0.2, 0) is 4.79 Å². The summed E-state index contributed by atoms with van der Waals surface area (Å²) in [4.78, 5) is 18.0. The number of anilines is 1. The predicted octanol–water partition coefficient (Wildman–Crippen LogP) is 3.40. The van der Waals surface area contributed by atoms with E-state index in [2.05, 4.69) is 19.4 Å². The first-order chi connectivity index (χ1) is 13.8. The maximum atomic E-state index is 12.4. The molecule has 0 bridgehead atoms. The number of hydrogen-bond acceptors (Lipinski definition) is 5. The van der Waals surface area contributed by atoms with E-state index in [1.165, 1.54) is 18.6 Å². The molecule has 162 valence electrons. The molecule has 0 saturated carbocycles. The Morgan fingerprint density at radius 3 is 2.38 bits per heavy atom. The third kappa shape index (κ3) is 7.19. The number of piperazine rings is 1. The molecule has 1 aromatic rings. The standard InChI is InChI=1S/C21H30F3N3O2/c1-17(28)16-26-9-6-18(7-10-26)5-8-25-11-13-27(14-12-25)19-3-2-4-20(15-19)29-21(22,23)24/h2-4,15,18H,5-14,16H2,1H3. The molecule has 0 radical (unpaired) electrons. The number of nitrogens with zero attached hydrogens (tertiary/aromatic N) is 3. The molecule has 0 aromatic heterocycles. The van der Waals surface area contributed by atoms with Crippen molar-refractivity contribution in [1.29, 1.82) is 0 Å². The highest BCUT2D eigenvalue weighted by Gasteiger charge is 2.31. The quantitative estimate of drug-likeness (QED) is 0.685. The number of rotatable bonds is 7. The molecule has 2 aliphatic heterocycles. The average molecular weight is 413 g/mol. The molecule has 5 nitrogen and oxygen atoms in total. The second-order valence-electron chi connectivity index (χ2n) is 8.08. The maximum Gasteiger partial charge on any atom is 0.573 e. The van der Waals surface area contributed by atoms with Gasteiger partial charge in [0.1, 0.15) is 11.5 Å². The Balaban J connectivity index is 1.39.